The third kappa shape index (κ3) is 5.02. The Bertz CT molecular complexity index is 842. The average Bonchev–Trinajstić information content (AvgIpc) is 3.14. The van der Waals surface area contributed by atoms with E-state index in [0.29, 0.717) is 32.0 Å². The Morgan fingerprint density at radius 1 is 1.10 bits per heavy atom. The summed E-state index contributed by atoms with van der Waals surface area (Å²) < 4.78 is 1.66. The second-order valence-corrected chi connectivity index (χ2v) is 8.20. The number of carbonyl (C=O) groups is 2. The molecule has 29 heavy (non-hydrogen) atoms. The van der Waals surface area contributed by atoms with Gasteiger partial charge in [0.25, 0.3) is 0 Å². The fourth-order valence-corrected chi connectivity index (χ4v) is 4.33. The van der Waals surface area contributed by atoms with Gasteiger partial charge in [0.15, 0.2) is 0 Å². The van der Waals surface area contributed by atoms with E-state index in [1.54, 1.807) is 4.68 Å². The normalized spacial score (nSPS) is 17.2. The van der Waals surface area contributed by atoms with E-state index in [4.69, 9.17) is 0 Å². The Morgan fingerprint density at radius 3 is 2.69 bits per heavy atom. The van der Waals surface area contributed by atoms with Crippen molar-refractivity contribution in [3.8, 4) is 0 Å². The predicted molar refractivity (Wildman–Crippen MR) is 108 cm³/mol. The molecule has 1 fully saturated rings. The molecule has 0 unspecified atom stereocenters. The van der Waals surface area contributed by atoms with E-state index in [1.807, 2.05) is 35.2 Å². The summed E-state index contributed by atoms with van der Waals surface area (Å²) in [5.74, 6) is 0.814. The van der Waals surface area contributed by atoms with Crippen LogP contribution in [0.1, 0.15) is 61.9 Å². The molecule has 154 valence electrons. The van der Waals surface area contributed by atoms with Crippen molar-refractivity contribution in [3.05, 3.63) is 47.3 Å². The number of aromatic nitrogens is 3. The van der Waals surface area contributed by atoms with Crippen LogP contribution in [0.4, 0.5) is 0 Å². The SMILES string of the molecule is O=C(CCC1CCCCC1)NCc1nnn2c1CN(Cc1ccccc1)C(=O)C2. The number of fused-ring (bicyclic) bond motifs is 1. The van der Waals surface area contributed by atoms with Gasteiger partial charge in [0.05, 0.1) is 18.8 Å². The average molecular weight is 396 g/mol. The molecule has 7 heteroatoms. The Balaban J connectivity index is 1.31. The zero-order chi connectivity index (χ0) is 20.1. The largest absolute Gasteiger partial charge is 0.350 e. The van der Waals surface area contributed by atoms with Crippen molar-refractivity contribution in [2.24, 2.45) is 5.92 Å². The maximum Gasteiger partial charge on any atom is 0.245 e. The van der Waals surface area contributed by atoms with E-state index in [9.17, 15) is 9.59 Å². The fourth-order valence-electron chi connectivity index (χ4n) is 4.33. The highest BCUT2D eigenvalue weighted by molar-refractivity contribution is 5.77. The van der Waals surface area contributed by atoms with Crippen molar-refractivity contribution < 1.29 is 9.59 Å². The van der Waals surface area contributed by atoms with Crippen molar-refractivity contribution in [2.75, 3.05) is 0 Å². The molecule has 0 atom stereocenters. The highest BCUT2D eigenvalue weighted by Gasteiger charge is 2.27. The third-order valence-electron chi connectivity index (χ3n) is 6.07. The number of amides is 2. The van der Waals surface area contributed by atoms with Gasteiger partial charge in [-0.1, -0.05) is 67.6 Å². The Morgan fingerprint density at radius 2 is 1.90 bits per heavy atom. The number of benzene rings is 1. The molecule has 0 saturated heterocycles. The molecule has 1 N–H and O–H groups in total. The van der Waals surface area contributed by atoms with E-state index >= 15 is 0 Å². The number of hydrogen-bond acceptors (Lipinski definition) is 4. The molecule has 1 aromatic heterocycles. The highest BCUT2D eigenvalue weighted by atomic mass is 16.2. The van der Waals surface area contributed by atoms with Gasteiger partial charge in [-0.25, -0.2) is 4.68 Å². The van der Waals surface area contributed by atoms with Crippen LogP contribution < -0.4 is 5.32 Å². The predicted octanol–water partition coefficient (Wildman–Crippen LogP) is 2.80. The maximum absolute atomic E-state index is 12.4. The summed E-state index contributed by atoms with van der Waals surface area (Å²) >= 11 is 0. The van der Waals surface area contributed by atoms with E-state index in [-0.39, 0.29) is 18.4 Å². The topological polar surface area (TPSA) is 80.1 Å². The van der Waals surface area contributed by atoms with Gasteiger partial charge in [0, 0.05) is 13.0 Å². The van der Waals surface area contributed by atoms with Crippen LogP contribution in [0.25, 0.3) is 0 Å². The summed E-state index contributed by atoms with van der Waals surface area (Å²) in [7, 11) is 0. The van der Waals surface area contributed by atoms with Gasteiger partial charge in [0.2, 0.25) is 11.8 Å². The van der Waals surface area contributed by atoms with Gasteiger partial charge in [-0.2, -0.15) is 0 Å². The molecular formula is C22H29N5O2. The molecule has 7 nitrogen and oxygen atoms in total. The highest BCUT2D eigenvalue weighted by Crippen LogP contribution is 2.27. The first kappa shape index (κ1) is 19.6. The van der Waals surface area contributed by atoms with Crippen LogP contribution >= 0.6 is 0 Å². The van der Waals surface area contributed by atoms with Crippen LogP contribution in [-0.2, 0) is 35.8 Å². The second kappa shape index (κ2) is 9.20. The number of rotatable bonds is 7. The molecule has 0 radical (unpaired) electrons. The Labute approximate surface area is 171 Å². The standard InChI is InChI=1S/C22H29N5O2/c28-21(12-11-17-7-3-1-4-8-17)23-13-19-20-15-26(14-18-9-5-2-6-10-18)22(29)16-27(20)25-24-19/h2,5-6,9-10,17H,1,3-4,7-8,11-16H2,(H,23,28). The van der Waals surface area contributed by atoms with Crippen molar-refractivity contribution in [3.63, 3.8) is 0 Å². The summed E-state index contributed by atoms with van der Waals surface area (Å²) in [6.07, 6.45) is 8.02. The van der Waals surface area contributed by atoms with Crippen LogP contribution in [0.15, 0.2) is 30.3 Å². The minimum atomic E-state index is 0.0364. The Hall–Kier alpha value is -2.70. The number of carbonyl (C=O) groups excluding carboxylic acids is 2. The maximum atomic E-state index is 12.4. The lowest BCUT2D eigenvalue weighted by Gasteiger charge is -2.27. The molecular weight excluding hydrogens is 366 g/mol. The van der Waals surface area contributed by atoms with Crippen LogP contribution in [0.3, 0.4) is 0 Å². The molecule has 1 aromatic carbocycles. The molecule has 2 aliphatic rings. The lowest BCUT2D eigenvalue weighted by Crippen LogP contribution is -2.39. The van der Waals surface area contributed by atoms with Crippen LogP contribution in [-0.4, -0.2) is 31.7 Å². The van der Waals surface area contributed by atoms with Crippen LogP contribution in [0.5, 0.6) is 0 Å². The second-order valence-electron chi connectivity index (χ2n) is 8.20. The molecule has 1 saturated carbocycles. The molecule has 2 amide bonds. The third-order valence-corrected chi connectivity index (χ3v) is 6.07. The minimum Gasteiger partial charge on any atom is -0.350 e. The first-order valence-electron chi connectivity index (χ1n) is 10.7. The van der Waals surface area contributed by atoms with E-state index < -0.39 is 0 Å². The van der Waals surface area contributed by atoms with Crippen LogP contribution in [0.2, 0.25) is 0 Å². The molecule has 1 aliphatic heterocycles. The van der Waals surface area contributed by atoms with Gasteiger partial charge in [-0.05, 0) is 17.9 Å². The van der Waals surface area contributed by atoms with Gasteiger partial charge in [-0.15, -0.1) is 5.10 Å². The number of nitrogens with one attached hydrogen (secondary N) is 1. The number of hydrogen-bond donors (Lipinski definition) is 1. The molecule has 1 aliphatic carbocycles. The van der Waals surface area contributed by atoms with Crippen LogP contribution in [0, 0.1) is 5.92 Å². The number of nitrogens with zero attached hydrogens (tertiary/aromatic N) is 4. The fraction of sp³-hybridized carbons (Fsp3) is 0.545. The first-order valence-corrected chi connectivity index (χ1v) is 10.7. The zero-order valence-electron chi connectivity index (χ0n) is 16.8. The van der Waals surface area contributed by atoms with Gasteiger partial charge in [-0.3, -0.25) is 9.59 Å². The molecule has 0 spiro atoms. The lowest BCUT2D eigenvalue weighted by atomic mass is 9.86. The molecule has 0 bridgehead atoms. The van der Waals surface area contributed by atoms with Crippen molar-refractivity contribution >= 4 is 11.8 Å². The van der Waals surface area contributed by atoms with E-state index in [0.717, 1.165) is 23.4 Å². The molecule has 2 heterocycles. The summed E-state index contributed by atoms with van der Waals surface area (Å²) in [6, 6.07) is 9.96. The Kier molecular flexibility index (Phi) is 6.22. The quantitative estimate of drug-likeness (QED) is 0.782. The molecule has 4 rings (SSSR count). The van der Waals surface area contributed by atoms with Crippen molar-refractivity contribution in [1.82, 2.24) is 25.2 Å². The smallest absolute Gasteiger partial charge is 0.245 e. The summed E-state index contributed by atoms with van der Waals surface area (Å²) in [4.78, 5) is 26.5. The first-order chi connectivity index (χ1) is 14.2. The molecule has 2 aromatic rings. The van der Waals surface area contributed by atoms with Crippen molar-refractivity contribution in [2.45, 2.75) is 71.1 Å². The monoisotopic (exact) mass is 395 g/mol. The van der Waals surface area contributed by atoms with Gasteiger partial charge >= 0.3 is 0 Å². The van der Waals surface area contributed by atoms with Gasteiger partial charge < -0.3 is 10.2 Å². The van der Waals surface area contributed by atoms with E-state index in [2.05, 4.69) is 15.6 Å². The van der Waals surface area contributed by atoms with Gasteiger partial charge in [0.1, 0.15) is 12.2 Å². The van der Waals surface area contributed by atoms with E-state index in [1.165, 1.54) is 32.1 Å². The lowest BCUT2D eigenvalue weighted by molar-refractivity contribution is -0.135. The minimum absolute atomic E-state index is 0.0364. The summed E-state index contributed by atoms with van der Waals surface area (Å²) in [5.41, 5.74) is 2.76. The summed E-state index contributed by atoms with van der Waals surface area (Å²) in [5, 5.41) is 11.3. The zero-order valence-corrected chi connectivity index (χ0v) is 16.8. The van der Waals surface area contributed by atoms with Crippen molar-refractivity contribution in [1.29, 1.82) is 0 Å². The summed E-state index contributed by atoms with van der Waals surface area (Å²) in [6.45, 7) is 1.60.